The van der Waals surface area contributed by atoms with E-state index in [4.69, 9.17) is 5.73 Å². The van der Waals surface area contributed by atoms with E-state index in [0.717, 1.165) is 35.9 Å². The normalized spacial score (nSPS) is 33.8. The number of para-hydroxylation sites is 1. The van der Waals surface area contributed by atoms with Gasteiger partial charge < -0.3 is 5.73 Å². The van der Waals surface area contributed by atoms with Crippen molar-refractivity contribution in [1.82, 2.24) is 14.5 Å². The van der Waals surface area contributed by atoms with Crippen LogP contribution in [-0.2, 0) is 22.1 Å². The molecule has 1 aliphatic heterocycles. The number of nitrogens with one attached hydrogen (secondary N) is 1. The zero-order valence-electron chi connectivity index (χ0n) is 14.0. The number of carbonyl (C=O) groups excluding carboxylic acids is 2. The van der Waals surface area contributed by atoms with Crippen molar-refractivity contribution in [2.24, 2.45) is 12.8 Å². The summed E-state index contributed by atoms with van der Waals surface area (Å²) >= 11 is 0. The number of aryl methyl sites for hydroxylation is 1. The number of hydrogen-bond acceptors (Lipinski definition) is 4. The van der Waals surface area contributed by atoms with Gasteiger partial charge in [-0.15, -0.1) is 0 Å². The van der Waals surface area contributed by atoms with Crippen molar-refractivity contribution in [3.05, 3.63) is 34.2 Å². The van der Waals surface area contributed by atoms with Gasteiger partial charge in [-0.2, -0.15) is 0 Å². The van der Waals surface area contributed by atoms with Gasteiger partial charge in [0.05, 0.1) is 11.0 Å². The number of piperidine rings is 1. The van der Waals surface area contributed by atoms with E-state index in [1.54, 1.807) is 16.2 Å². The molecular weight excluding hydrogens is 320 g/mol. The fourth-order valence-corrected chi connectivity index (χ4v) is 5.25. The highest BCUT2D eigenvalue weighted by Gasteiger charge is 2.67. The summed E-state index contributed by atoms with van der Waals surface area (Å²) in [6, 6.07) is 5.27. The van der Waals surface area contributed by atoms with Crippen molar-refractivity contribution in [2.45, 2.75) is 49.1 Å². The molecule has 7 nitrogen and oxygen atoms in total. The second-order valence-electron chi connectivity index (χ2n) is 8.02. The largest absolute Gasteiger partial charge is 0.329 e. The maximum Gasteiger partial charge on any atom is 0.329 e. The van der Waals surface area contributed by atoms with Crippen LogP contribution >= 0.6 is 0 Å². The summed E-state index contributed by atoms with van der Waals surface area (Å²) in [5.74, 6) is -0.681. The van der Waals surface area contributed by atoms with Crippen LogP contribution in [0.25, 0.3) is 11.0 Å². The first-order valence-corrected chi connectivity index (χ1v) is 8.67. The molecular formula is C18H20N4O3. The molecule has 6 rings (SSSR count). The summed E-state index contributed by atoms with van der Waals surface area (Å²) in [5, 5.41) is 2.35. The lowest BCUT2D eigenvalue weighted by Crippen LogP contribution is -2.74. The van der Waals surface area contributed by atoms with E-state index in [2.05, 4.69) is 11.4 Å². The average molecular weight is 340 g/mol. The first-order valence-electron chi connectivity index (χ1n) is 8.67. The number of imidazole rings is 1. The maximum atomic E-state index is 12.9. The van der Waals surface area contributed by atoms with Crippen LogP contribution in [0.3, 0.4) is 0 Å². The van der Waals surface area contributed by atoms with Gasteiger partial charge in [-0.3, -0.25) is 24.0 Å². The third-order valence-electron chi connectivity index (χ3n) is 6.27. The molecule has 3 aliphatic carbocycles. The van der Waals surface area contributed by atoms with E-state index in [1.165, 1.54) is 0 Å². The number of rotatable bonds is 2. The lowest BCUT2D eigenvalue weighted by Gasteiger charge is -2.69. The number of amides is 2. The van der Waals surface area contributed by atoms with Crippen molar-refractivity contribution in [1.29, 1.82) is 0 Å². The predicted molar refractivity (Wildman–Crippen MR) is 91.0 cm³/mol. The summed E-state index contributed by atoms with van der Waals surface area (Å²) in [4.78, 5) is 36.6. The molecule has 1 aromatic heterocycles. The molecule has 2 heterocycles. The quantitative estimate of drug-likeness (QED) is 0.776. The highest BCUT2D eigenvalue weighted by Crippen LogP contribution is 2.67. The third kappa shape index (κ3) is 1.76. The molecule has 3 N–H and O–H groups in total. The third-order valence-corrected chi connectivity index (χ3v) is 6.27. The van der Waals surface area contributed by atoms with Crippen LogP contribution in [0.4, 0.5) is 0 Å². The number of nitrogens with two attached hydrogens (primary N) is 1. The van der Waals surface area contributed by atoms with Crippen LogP contribution < -0.4 is 16.7 Å². The van der Waals surface area contributed by atoms with Gasteiger partial charge in [-0.05, 0) is 37.3 Å². The lowest BCUT2D eigenvalue weighted by molar-refractivity contribution is -0.135. The van der Waals surface area contributed by atoms with Gasteiger partial charge in [0.15, 0.2) is 0 Å². The highest BCUT2D eigenvalue weighted by molar-refractivity contribution is 6.00. The number of aromatic nitrogens is 2. The SMILES string of the molecule is Cn1c(=O)n(C2CCC(=O)NC2=O)c2cccc(C34CC(N)(C3)C4)c21. The minimum absolute atomic E-state index is 0.0206. The molecule has 0 radical (unpaired) electrons. The molecule has 4 aliphatic rings. The van der Waals surface area contributed by atoms with E-state index in [1.807, 2.05) is 12.1 Å². The highest BCUT2D eigenvalue weighted by atomic mass is 16.2. The monoisotopic (exact) mass is 340 g/mol. The molecule has 4 fully saturated rings. The fraction of sp³-hybridized carbons (Fsp3) is 0.500. The predicted octanol–water partition coefficient (Wildman–Crippen LogP) is 0.451. The Kier molecular flexibility index (Phi) is 2.62. The van der Waals surface area contributed by atoms with Gasteiger partial charge >= 0.3 is 5.69 Å². The second kappa shape index (κ2) is 4.40. The Morgan fingerprint density at radius 1 is 1.20 bits per heavy atom. The summed E-state index contributed by atoms with van der Waals surface area (Å²) in [5.41, 5.74) is 8.86. The fourth-order valence-electron chi connectivity index (χ4n) is 5.25. The minimum atomic E-state index is -0.641. The van der Waals surface area contributed by atoms with Crippen molar-refractivity contribution < 1.29 is 9.59 Å². The van der Waals surface area contributed by atoms with E-state index >= 15 is 0 Å². The Bertz CT molecular complexity index is 995. The first-order chi connectivity index (χ1) is 11.8. The number of hydrogen-bond donors (Lipinski definition) is 2. The Morgan fingerprint density at radius 2 is 1.92 bits per heavy atom. The van der Waals surface area contributed by atoms with Gasteiger partial charge in [-0.1, -0.05) is 12.1 Å². The van der Waals surface area contributed by atoms with Crippen LogP contribution in [-0.4, -0.2) is 26.5 Å². The molecule has 3 saturated carbocycles. The van der Waals surface area contributed by atoms with Crippen molar-refractivity contribution in [3.8, 4) is 0 Å². The molecule has 1 atom stereocenters. The van der Waals surface area contributed by atoms with Crippen LogP contribution in [0, 0.1) is 0 Å². The van der Waals surface area contributed by atoms with E-state index < -0.39 is 11.9 Å². The van der Waals surface area contributed by atoms with Crippen LogP contribution in [0.15, 0.2) is 23.0 Å². The summed E-state index contributed by atoms with van der Waals surface area (Å²) in [6.45, 7) is 0. The van der Waals surface area contributed by atoms with Gasteiger partial charge in [-0.25, -0.2) is 4.79 Å². The molecule has 2 aromatic rings. The molecule has 0 spiro atoms. The Morgan fingerprint density at radius 3 is 2.56 bits per heavy atom. The number of nitrogens with zero attached hydrogens (tertiary/aromatic N) is 2. The smallest absolute Gasteiger partial charge is 0.325 e. The van der Waals surface area contributed by atoms with Crippen molar-refractivity contribution in [2.75, 3.05) is 0 Å². The van der Waals surface area contributed by atoms with Crippen molar-refractivity contribution in [3.63, 3.8) is 0 Å². The molecule has 2 amide bonds. The van der Waals surface area contributed by atoms with Gasteiger partial charge in [0.1, 0.15) is 6.04 Å². The molecule has 1 saturated heterocycles. The zero-order valence-corrected chi connectivity index (χ0v) is 14.0. The molecule has 130 valence electrons. The molecule has 2 bridgehead atoms. The summed E-state index contributed by atoms with van der Waals surface area (Å²) in [7, 11) is 1.75. The number of imide groups is 1. The number of benzene rings is 1. The van der Waals surface area contributed by atoms with Crippen molar-refractivity contribution >= 4 is 22.8 Å². The summed E-state index contributed by atoms with van der Waals surface area (Å²) in [6.07, 6.45) is 3.47. The Hall–Kier alpha value is -2.41. The van der Waals surface area contributed by atoms with Gasteiger partial charge in [0.25, 0.3) is 0 Å². The number of carbonyl (C=O) groups is 2. The topological polar surface area (TPSA) is 99.1 Å². The van der Waals surface area contributed by atoms with E-state index in [9.17, 15) is 14.4 Å². The average Bonchev–Trinajstić information content (AvgIpc) is 2.76. The van der Waals surface area contributed by atoms with E-state index in [0.29, 0.717) is 6.42 Å². The van der Waals surface area contributed by atoms with Crippen LogP contribution in [0.5, 0.6) is 0 Å². The van der Waals surface area contributed by atoms with E-state index in [-0.39, 0.29) is 29.0 Å². The zero-order chi connectivity index (χ0) is 17.6. The van der Waals surface area contributed by atoms with Crippen LogP contribution in [0.2, 0.25) is 0 Å². The number of fused-ring (bicyclic) bond motifs is 1. The molecule has 7 heteroatoms. The van der Waals surface area contributed by atoms with Gasteiger partial charge in [0, 0.05) is 24.4 Å². The minimum Gasteiger partial charge on any atom is -0.325 e. The second-order valence-corrected chi connectivity index (χ2v) is 8.02. The van der Waals surface area contributed by atoms with Crippen LogP contribution in [0.1, 0.15) is 43.7 Å². The molecule has 25 heavy (non-hydrogen) atoms. The van der Waals surface area contributed by atoms with Gasteiger partial charge in [0.2, 0.25) is 11.8 Å². The molecule has 1 aromatic carbocycles. The standard InChI is InChI=1S/C18H20N4O3/c1-21-14-10(17-7-18(19,8-17)9-17)3-2-4-11(14)22(16(21)25)12-5-6-13(23)20-15(12)24/h2-4,12H,5-9,19H2,1H3,(H,20,23,24). The Labute approximate surface area is 143 Å². The maximum absolute atomic E-state index is 12.9. The molecule has 1 unspecified atom stereocenters. The summed E-state index contributed by atoms with van der Waals surface area (Å²) < 4.78 is 3.18. The Balaban J connectivity index is 1.69. The first kappa shape index (κ1) is 14.9. The lowest BCUT2D eigenvalue weighted by atomic mass is 9.38.